The zero-order valence-corrected chi connectivity index (χ0v) is 20.8. The fraction of sp³-hybridized carbons (Fsp3) is 0.654. The van der Waals surface area contributed by atoms with E-state index in [1.807, 2.05) is 39.2 Å². The van der Waals surface area contributed by atoms with Crippen LogP contribution in [0.4, 0.5) is 0 Å². The Morgan fingerprint density at radius 1 is 1.31 bits per heavy atom. The van der Waals surface area contributed by atoms with E-state index in [0.29, 0.717) is 19.3 Å². The van der Waals surface area contributed by atoms with Crippen molar-refractivity contribution >= 4 is 29.2 Å². The molecule has 0 spiro atoms. The Balaban J connectivity index is 1.82. The van der Waals surface area contributed by atoms with Gasteiger partial charge < -0.3 is 9.84 Å². The molecule has 1 aliphatic heterocycles. The molecule has 176 valence electrons. The summed E-state index contributed by atoms with van der Waals surface area (Å²) in [4.78, 5) is 30.3. The van der Waals surface area contributed by atoms with Crippen LogP contribution in [-0.4, -0.2) is 34.1 Å². The SMILES string of the molecule is C/C1=C/CC(/C(C)=C/c2csc(C)n2)OC(=O)CCC2(C)C[C@@H](CCC1)C(O)[C@@H](C)C2=O. The summed E-state index contributed by atoms with van der Waals surface area (Å²) >= 11 is 1.60. The number of aryl methyl sites for hydroxylation is 1. The molecule has 2 heterocycles. The van der Waals surface area contributed by atoms with Gasteiger partial charge >= 0.3 is 5.97 Å². The van der Waals surface area contributed by atoms with Crippen LogP contribution in [0.5, 0.6) is 0 Å². The minimum absolute atomic E-state index is 0.0729. The van der Waals surface area contributed by atoms with E-state index >= 15 is 0 Å². The first kappa shape index (κ1) is 24.8. The van der Waals surface area contributed by atoms with Crippen LogP contribution in [-0.2, 0) is 14.3 Å². The Hall–Kier alpha value is -1.79. The molecule has 2 bridgehead atoms. The Morgan fingerprint density at radius 3 is 2.75 bits per heavy atom. The minimum Gasteiger partial charge on any atom is -0.457 e. The summed E-state index contributed by atoms with van der Waals surface area (Å²) in [5.74, 6) is -0.494. The van der Waals surface area contributed by atoms with Crippen molar-refractivity contribution in [1.29, 1.82) is 0 Å². The van der Waals surface area contributed by atoms with Crippen molar-refractivity contribution in [2.24, 2.45) is 17.3 Å². The first-order valence-electron chi connectivity index (χ1n) is 11.8. The van der Waals surface area contributed by atoms with Crippen molar-refractivity contribution in [2.45, 2.75) is 91.8 Å². The normalized spacial score (nSPS) is 34.9. The van der Waals surface area contributed by atoms with Crippen molar-refractivity contribution < 1.29 is 19.4 Å². The smallest absolute Gasteiger partial charge is 0.306 e. The van der Waals surface area contributed by atoms with Gasteiger partial charge in [0, 0.05) is 29.6 Å². The van der Waals surface area contributed by atoms with Gasteiger partial charge in [-0.25, -0.2) is 4.98 Å². The van der Waals surface area contributed by atoms with Crippen LogP contribution in [0.3, 0.4) is 0 Å². The van der Waals surface area contributed by atoms with Gasteiger partial charge in [-0.05, 0) is 70.4 Å². The number of aliphatic hydroxyl groups is 1. The van der Waals surface area contributed by atoms with Crippen LogP contribution in [0.25, 0.3) is 6.08 Å². The predicted octanol–water partition coefficient (Wildman–Crippen LogP) is 5.66. The highest BCUT2D eigenvalue weighted by Gasteiger charge is 2.47. The van der Waals surface area contributed by atoms with Gasteiger partial charge in [-0.15, -0.1) is 11.3 Å². The topological polar surface area (TPSA) is 76.5 Å². The van der Waals surface area contributed by atoms with Gasteiger partial charge in [0.25, 0.3) is 0 Å². The number of fused-ring (bicyclic) bond motifs is 2. The first-order valence-corrected chi connectivity index (χ1v) is 12.6. The lowest BCUT2D eigenvalue weighted by Gasteiger charge is -2.43. The fourth-order valence-electron chi connectivity index (χ4n) is 5.16. The highest BCUT2D eigenvalue weighted by Crippen LogP contribution is 2.44. The number of ketones is 1. The molecule has 3 rings (SSSR count). The number of esters is 1. The average Bonchev–Trinajstić information content (AvgIpc) is 3.15. The molecule has 1 aliphatic carbocycles. The molecule has 0 amide bonds. The highest BCUT2D eigenvalue weighted by molar-refractivity contribution is 7.09. The monoisotopic (exact) mass is 459 g/mol. The van der Waals surface area contributed by atoms with Crippen LogP contribution < -0.4 is 0 Å². The predicted molar refractivity (Wildman–Crippen MR) is 128 cm³/mol. The molecule has 2 aliphatic rings. The standard InChI is InChI=1S/C26H37NO4S/c1-16-7-6-8-20-14-26(5,25(30)18(3)24(20)29)12-11-23(28)31-22(10-9-16)17(2)13-21-15-32-19(4)27-21/h9,13,15,18,20,22,24,29H,6-8,10-12,14H2,1-5H3/b16-9-,17-13+/t18-,20-,22?,24?,26?/m1/s1. The molecule has 5 nitrogen and oxygen atoms in total. The van der Waals surface area contributed by atoms with E-state index in [0.717, 1.165) is 35.5 Å². The lowest BCUT2D eigenvalue weighted by Crippen LogP contribution is -2.48. The maximum atomic E-state index is 13.0. The summed E-state index contributed by atoms with van der Waals surface area (Å²) in [6, 6.07) is 0. The van der Waals surface area contributed by atoms with Crippen molar-refractivity contribution in [1.82, 2.24) is 4.98 Å². The van der Waals surface area contributed by atoms with Crippen LogP contribution in [0.1, 0.15) is 83.3 Å². The largest absolute Gasteiger partial charge is 0.457 e. The molecule has 1 aromatic heterocycles. The van der Waals surface area contributed by atoms with Gasteiger partial charge in [0.05, 0.1) is 16.8 Å². The zero-order chi connectivity index (χ0) is 23.5. The molecule has 0 radical (unpaired) electrons. The molecular formula is C26H37NO4S. The molecule has 5 atom stereocenters. The number of hydrogen-bond donors (Lipinski definition) is 1. The molecular weight excluding hydrogens is 422 g/mol. The third-order valence-electron chi connectivity index (χ3n) is 7.22. The Bertz CT molecular complexity index is 901. The maximum Gasteiger partial charge on any atom is 0.306 e. The van der Waals surface area contributed by atoms with Crippen LogP contribution in [0, 0.1) is 24.2 Å². The quantitative estimate of drug-likeness (QED) is 0.456. The van der Waals surface area contributed by atoms with Gasteiger partial charge in [-0.1, -0.05) is 25.5 Å². The third-order valence-corrected chi connectivity index (χ3v) is 8.01. The zero-order valence-electron chi connectivity index (χ0n) is 20.0. The average molecular weight is 460 g/mol. The number of rotatable bonds is 2. The summed E-state index contributed by atoms with van der Waals surface area (Å²) in [6.07, 6.45) is 7.99. The number of carbonyl (C=O) groups excluding carboxylic acids is 2. The molecule has 1 fully saturated rings. The molecule has 1 saturated carbocycles. The van der Waals surface area contributed by atoms with E-state index in [-0.39, 0.29) is 36.1 Å². The van der Waals surface area contributed by atoms with E-state index in [4.69, 9.17) is 4.74 Å². The summed E-state index contributed by atoms with van der Waals surface area (Å²) in [5, 5.41) is 13.7. The molecule has 1 aromatic rings. The molecule has 0 aromatic carbocycles. The fourth-order valence-corrected chi connectivity index (χ4v) is 5.73. The van der Waals surface area contributed by atoms with E-state index in [2.05, 4.69) is 18.0 Å². The number of aromatic nitrogens is 1. The lowest BCUT2D eigenvalue weighted by molar-refractivity contribution is -0.151. The van der Waals surface area contributed by atoms with Crippen LogP contribution >= 0.6 is 11.3 Å². The van der Waals surface area contributed by atoms with Crippen molar-refractivity contribution in [3.63, 3.8) is 0 Å². The number of nitrogens with zero attached hydrogens (tertiary/aromatic N) is 1. The lowest BCUT2D eigenvalue weighted by atomic mass is 9.62. The van der Waals surface area contributed by atoms with E-state index in [1.165, 1.54) is 5.57 Å². The number of aliphatic hydroxyl groups excluding tert-OH is 1. The van der Waals surface area contributed by atoms with Crippen molar-refractivity contribution in [3.8, 4) is 0 Å². The van der Waals surface area contributed by atoms with Crippen LogP contribution in [0.2, 0.25) is 0 Å². The molecule has 32 heavy (non-hydrogen) atoms. The summed E-state index contributed by atoms with van der Waals surface area (Å²) in [7, 11) is 0. The van der Waals surface area contributed by atoms with Gasteiger partial charge in [0.15, 0.2) is 0 Å². The van der Waals surface area contributed by atoms with Gasteiger partial charge in [-0.3, -0.25) is 9.59 Å². The van der Waals surface area contributed by atoms with Crippen molar-refractivity contribution in [2.75, 3.05) is 0 Å². The minimum atomic E-state index is -0.591. The second kappa shape index (κ2) is 10.4. The number of thiazole rings is 1. The number of hydrogen-bond acceptors (Lipinski definition) is 6. The Labute approximate surface area is 196 Å². The Morgan fingerprint density at radius 2 is 2.06 bits per heavy atom. The number of carbonyl (C=O) groups is 2. The van der Waals surface area contributed by atoms with Crippen molar-refractivity contribution in [3.05, 3.63) is 33.3 Å². The second-order valence-electron chi connectivity index (χ2n) is 10.0. The number of cyclic esters (lactones) is 1. The summed E-state index contributed by atoms with van der Waals surface area (Å²) in [6.45, 7) is 9.86. The first-order chi connectivity index (χ1) is 15.1. The Kier molecular flexibility index (Phi) is 8.10. The molecule has 1 N–H and O–H groups in total. The van der Waals surface area contributed by atoms with E-state index in [9.17, 15) is 14.7 Å². The number of allylic oxidation sites excluding steroid dienone is 1. The molecule has 0 saturated heterocycles. The third kappa shape index (κ3) is 5.96. The van der Waals surface area contributed by atoms with E-state index in [1.54, 1.807) is 11.3 Å². The van der Waals surface area contributed by atoms with Gasteiger partial charge in [0.2, 0.25) is 0 Å². The van der Waals surface area contributed by atoms with Gasteiger partial charge in [-0.2, -0.15) is 0 Å². The summed E-state index contributed by atoms with van der Waals surface area (Å²) in [5.41, 5.74) is 2.53. The van der Waals surface area contributed by atoms with E-state index < -0.39 is 11.5 Å². The van der Waals surface area contributed by atoms with Crippen LogP contribution in [0.15, 0.2) is 22.6 Å². The summed E-state index contributed by atoms with van der Waals surface area (Å²) < 4.78 is 5.91. The molecule has 6 heteroatoms. The number of Topliss-reactive ketones (excluding diaryl/α,β-unsaturated/α-hetero) is 1. The van der Waals surface area contributed by atoms with Gasteiger partial charge in [0.1, 0.15) is 11.9 Å². The number of ether oxygens (including phenoxy) is 1. The maximum absolute atomic E-state index is 13.0. The second-order valence-corrected chi connectivity index (χ2v) is 11.1. The highest BCUT2D eigenvalue weighted by atomic mass is 32.1. The molecule has 3 unspecified atom stereocenters.